The second kappa shape index (κ2) is 7.69. The third-order valence-electron chi connectivity index (χ3n) is 3.81. The van der Waals surface area contributed by atoms with Crippen molar-refractivity contribution in [1.29, 1.82) is 0 Å². The summed E-state index contributed by atoms with van der Waals surface area (Å²) in [5.74, 6) is -0.702. The summed E-state index contributed by atoms with van der Waals surface area (Å²) in [5, 5.41) is 2.67. The van der Waals surface area contributed by atoms with Crippen LogP contribution < -0.4 is 15.0 Å². The predicted molar refractivity (Wildman–Crippen MR) is 95.3 cm³/mol. The first kappa shape index (κ1) is 17.5. The SMILES string of the molecule is CCOC(=O)c1ccccc1NC(=O)CN1C(=O)COc2ccccc21. The molecule has 1 aliphatic rings. The zero-order chi connectivity index (χ0) is 18.5. The highest BCUT2D eigenvalue weighted by atomic mass is 16.5. The third-order valence-corrected chi connectivity index (χ3v) is 3.81. The van der Waals surface area contributed by atoms with E-state index in [0.717, 1.165) is 0 Å². The van der Waals surface area contributed by atoms with E-state index in [0.29, 0.717) is 17.1 Å². The summed E-state index contributed by atoms with van der Waals surface area (Å²) in [7, 11) is 0. The molecular weight excluding hydrogens is 336 g/mol. The van der Waals surface area contributed by atoms with E-state index in [9.17, 15) is 14.4 Å². The topological polar surface area (TPSA) is 84.9 Å². The fourth-order valence-electron chi connectivity index (χ4n) is 2.64. The summed E-state index contributed by atoms with van der Waals surface area (Å²) < 4.78 is 10.4. The number of esters is 1. The van der Waals surface area contributed by atoms with Crippen molar-refractivity contribution < 1.29 is 23.9 Å². The van der Waals surface area contributed by atoms with Crippen molar-refractivity contribution in [2.24, 2.45) is 0 Å². The number of rotatable bonds is 5. The van der Waals surface area contributed by atoms with Crippen LogP contribution in [0.15, 0.2) is 48.5 Å². The van der Waals surface area contributed by atoms with E-state index in [2.05, 4.69) is 5.32 Å². The van der Waals surface area contributed by atoms with Gasteiger partial charge in [-0.3, -0.25) is 14.5 Å². The summed E-state index contributed by atoms with van der Waals surface area (Å²) in [5.41, 5.74) is 1.14. The van der Waals surface area contributed by atoms with Crippen LogP contribution in [0.2, 0.25) is 0 Å². The number of para-hydroxylation sites is 3. The van der Waals surface area contributed by atoms with Gasteiger partial charge in [0.2, 0.25) is 5.91 Å². The Morgan fingerprint density at radius 1 is 1.15 bits per heavy atom. The van der Waals surface area contributed by atoms with Gasteiger partial charge in [-0.25, -0.2) is 4.79 Å². The van der Waals surface area contributed by atoms with Crippen molar-refractivity contribution in [2.75, 3.05) is 30.0 Å². The summed E-state index contributed by atoms with van der Waals surface area (Å²) >= 11 is 0. The Labute approximate surface area is 150 Å². The van der Waals surface area contributed by atoms with Crippen molar-refractivity contribution in [1.82, 2.24) is 0 Å². The van der Waals surface area contributed by atoms with Crippen molar-refractivity contribution in [2.45, 2.75) is 6.92 Å². The van der Waals surface area contributed by atoms with Crippen LogP contribution >= 0.6 is 0 Å². The number of hydrogen-bond acceptors (Lipinski definition) is 5. The van der Waals surface area contributed by atoms with Gasteiger partial charge in [0.25, 0.3) is 5.91 Å². The molecular formula is C19H18N2O5. The summed E-state index contributed by atoms with van der Waals surface area (Å²) in [4.78, 5) is 38.0. The molecule has 0 aromatic heterocycles. The lowest BCUT2D eigenvalue weighted by Gasteiger charge is -2.28. The summed E-state index contributed by atoms with van der Waals surface area (Å²) in [6.45, 7) is 1.64. The van der Waals surface area contributed by atoms with E-state index >= 15 is 0 Å². The molecule has 2 amide bonds. The minimum atomic E-state index is -0.517. The molecule has 0 fully saturated rings. The zero-order valence-corrected chi connectivity index (χ0v) is 14.2. The molecule has 0 saturated heterocycles. The maximum atomic E-state index is 12.5. The molecule has 0 radical (unpaired) electrons. The van der Waals surface area contributed by atoms with Crippen LogP contribution in [-0.2, 0) is 14.3 Å². The van der Waals surface area contributed by atoms with E-state index in [1.165, 1.54) is 4.90 Å². The summed E-state index contributed by atoms with van der Waals surface area (Å²) in [6.07, 6.45) is 0. The average molecular weight is 354 g/mol. The van der Waals surface area contributed by atoms with Crippen LogP contribution in [0.5, 0.6) is 5.75 Å². The van der Waals surface area contributed by atoms with E-state index in [1.54, 1.807) is 55.5 Å². The Morgan fingerprint density at radius 2 is 1.88 bits per heavy atom. The fraction of sp³-hybridized carbons (Fsp3) is 0.211. The number of nitrogens with zero attached hydrogens (tertiary/aromatic N) is 1. The highest BCUT2D eigenvalue weighted by molar-refractivity contribution is 6.07. The lowest BCUT2D eigenvalue weighted by Crippen LogP contribution is -2.43. The molecule has 0 unspecified atom stereocenters. The number of ether oxygens (including phenoxy) is 2. The number of amides is 2. The molecule has 1 N–H and O–H groups in total. The first-order chi connectivity index (χ1) is 12.6. The molecule has 2 aromatic rings. The van der Waals surface area contributed by atoms with Crippen LogP contribution in [-0.4, -0.2) is 37.5 Å². The Kier molecular flexibility index (Phi) is 5.17. The van der Waals surface area contributed by atoms with Crippen molar-refractivity contribution in [3.63, 3.8) is 0 Å². The monoisotopic (exact) mass is 354 g/mol. The molecule has 26 heavy (non-hydrogen) atoms. The predicted octanol–water partition coefficient (Wildman–Crippen LogP) is 2.23. The van der Waals surface area contributed by atoms with Gasteiger partial charge in [-0.05, 0) is 31.2 Å². The van der Waals surface area contributed by atoms with Gasteiger partial charge >= 0.3 is 5.97 Å². The van der Waals surface area contributed by atoms with Crippen molar-refractivity contribution >= 4 is 29.2 Å². The summed E-state index contributed by atoms with van der Waals surface area (Å²) in [6, 6.07) is 13.6. The first-order valence-corrected chi connectivity index (χ1v) is 8.18. The van der Waals surface area contributed by atoms with Crippen LogP contribution in [0.25, 0.3) is 0 Å². The first-order valence-electron chi connectivity index (χ1n) is 8.18. The Bertz CT molecular complexity index is 849. The van der Waals surface area contributed by atoms with E-state index < -0.39 is 11.9 Å². The molecule has 134 valence electrons. The highest BCUT2D eigenvalue weighted by Gasteiger charge is 2.27. The van der Waals surface area contributed by atoms with E-state index in [4.69, 9.17) is 9.47 Å². The molecule has 0 atom stereocenters. The lowest BCUT2D eigenvalue weighted by molar-refractivity contribution is -0.123. The molecule has 7 heteroatoms. The second-order valence-corrected chi connectivity index (χ2v) is 5.55. The van der Waals surface area contributed by atoms with Gasteiger partial charge in [0.15, 0.2) is 6.61 Å². The maximum absolute atomic E-state index is 12.5. The normalized spacial score (nSPS) is 12.8. The van der Waals surface area contributed by atoms with E-state index in [1.807, 2.05) is 0 Å². The fourth-order valence-corrected chi connectivity index (χ4v) is 2.64. The van der Waals surface area contributed by atoms with Gasteiger partial charge in [-0.1, -0.05) is 24.3 Å². The molecule has 7 nitrogen and oxygen atoms in total. The van der Waals surface area contributed by atoms with Crippen molar-refractivity contribution in [3.8, 4) is 5.75 Å². The number of carbonyl (C=O) groups is 3. The minimum Gasteiger partial charge on any atom is -0.482 e. The maximum Gasteiger partial charge on any atom is 0.340 e. The molecule has 2 aromatic carbocycles. The Balaban J connectivity index is 1.76. The van der Waals surface area contributed by atoms with Crippen LogP contribution in [0.3, 0.4) is 0 Å². The van der Waals surface area contributed by atoms with Gasteiger partial charge in [-0.2, -0.15) is 0 Å². The van der Waals surface area contributed by atoms with Crippen LogP contribution in [0.4, 0.5) is 11.4 Å². The smallest absolute Gasteiger partial charge is 0.340 e. The number of benzene rings is 2. The van der Waals surface area contributed by atoms with Crippen LogP contribution in [0.1, 0.15) is 17.3 Å². The van der Waals surface area contributed by atoms with Gasteiger partial charge < -0.3 is 14.8 Å². The van der Waals surface area contributed by atoms with Crippen LogP contribution in [0, 0.1) is 0 Å². The van der Waals surface area contributed by atoms with Gasteiger partial charge in [0.1, 0.15) is 12.3 Å². The highest BCUT2D eigenvalue weighted by Crippen LogP contribution is 2.31. The Hall–Kier alpha value is -3.35. The average Bonchev–Trinajstić information content (AvgIpc) is 2.65. The van der Waals surface area contributed by atoms with E-state index in [-0.39, 0.29) is 31.2 Å². The largest absolute Gasteiger partial charge is 0.482 e. The molecule has 0 saturated carbocycles. The number of nitrogens with one attached hydrogen (secondary N) is 1. The second-order valence-electron chi connectivity index (χ2n) is 5.55. The quantitative estimate of drug-likeness (QED) is 0.833. The molecule has 1 aliphatic heterocycles. The molecule has 0 bridgehead atoms. The van der Waals surface area contributed by atoms with Gasteiger partial charge in [-0.15, -0.1) is 0 Å². The van der Waals surface area contributed by atoms with Gasteiger partial charge in [0.05, 0.1) is 23.5 Å². The molecule has 3 rings (SSSR count). The Morgan fingerprint density at radius 3 is 2.69 bits per heavy atom. The molecule has 0 aliphatic carbocycles. The van der Waals surface area contributed by atoms with Crippen molar-refractivity contribution in [3.05, 3.63) is 54.1 Å². The zero-order valence-electron chi connectivity index (χ0n) is 14.2. The number of carbonyl (C=O) groups excluding carboxylic acids is 3. The molecule has 0 spiro atoms. The number of anilines is 2. The number of fused-ring (bicyclic) bond motifs is 1. The lowest BCUT2D eigenvalue weighted by atomic mass is 10.1. The van der Waals surface area contributed by atoms with Gasteiger partial charge in [0, 0.05) is 0 Å². The standard InChI is InChI=1S/C19H18N2O5/c1-2-25-19(24)13-7-3-4-8-14(13)20-17(22)11-21-15-9-5-6-10-16(15)26-12-18(21)23/h3-10H,2,11-12H2,1H3,(H,20,22). The molecule has 1 heterocycles. The third kappa shape index (κ3) is 3.66. The number of hydrogen-bond donors (Lipinski definition) is 1. The minimum absolute atomic E-state index is 0.121.